The highest BCUT2D eigenvalue weighted by Crippen LogP contribution is 2.09. The molecule has 0 aromatic heterocycles. The van der Waals surface area contributed by atoms with Crippen molar-refractivity contribution in [3.05, 3.63) is 0 Å². The quantitative estimate of drug-likeness (QED) is 0.695. The molecule has 0 saturated carbocycles. The van der Waals surface area contributed by atoms with Gasteiger partial charge >= 0.3 is 0 Å². The lowest BCUT2D eigenvalue weighted by Gasteiger charge is -2.22. The summed E-state index contributed by atoms with van der Waals surface area (Å²) in [5.74, 6) is 1.40. The smallest absolute Gasteiger partial charge is 0.151 e. The fraction of sp³-hybridized carbons (Fsp3) is 1.00. The molecule has 0 aromatic carbocycles. The lowest BCUT2D eigenvalue weighted by Crippen LogP contribution is -2.40. The van der Waals surface area contributed by atoms with Gasteiger partial charge in [-0.1, -0.05) is 34.6 Å². The second-order valence-electron chi connectivity index (χ2n) is 5.60. The number of sulfone groups is 1. The Kier molecular flexibility index (Phi) is 8.05. The molecule has 104 valence electrons. The SMILES string of the molecule is CCCNC(CS(=O)(=O)CCC(C)C)C(C)C. The second kappa shape index (κ2) is 8.09. The molecule has 4 heteroatoms. The van der Waals surface area contributed by atoms with Gasteiger partial charge in [-0.2, -0.15) is 0 Å². The summed E-state index contributed by atoms with van der Waals surface area (Å²) in [5.41, 5.74) is 0. The van der Waals surface area contributed by atoms with Gasteiger partial charge in [0.25, 0.3) is 0 Å². The molecular formula is C13H29NO2S. The van der Waals surface area contributed by atoms with Crippen LogP contribution in [0.4, 0.5) is 0 Å². The number of nitrogens with one attached hydrogen (secondary N) is 1. The Morgan fingerprint density at radius 3 is 2.12 bits per heavy atom. The molecule has 0 amide bonds. The Hall–Kier alpha value is -0.0900. The summed E-state index contributed by atoms with van der Waals surface area (Å²) in [7, 11) is -2.91. The first-order chi connectivity index (χ1) is 7.78. The van der Waals surface area contributed by atoms with Crippen LogP contribution in [-0.2, 0) is 9.84 Å². The van der Waals surface area contributed by atoms with Gasteiger partial charge in [-0.15, -0.1) is 0 Å². The highest BCUT2D eigenvalue weighted by molar-refractivity contribution is 7.91. The molecule has 0 spiro atoms. The van der Waals surface area contributed by atoms with Crippen LogP contribution in [0.15, 0.2) is 0 Å². The van der Waals surface area contributed by atoms with Crippen molar-refractivity contribution in [3.63, 3.8) is 0 Å². The highest BCUT2D eigenvalue weighted by atomic mass is 32.2. The maximum absolute atomic E-state index is 12.0. The normalized spacial score (nSPS) is 14.5. The topological polar surface area (TPSA) is 46.2 Å². The van der Waals surface area contributed by atoms with Crippen LogP contribution in [0, 0.1) is 11.8 Å². The van der Waals surface area contributed by atoms with Gasteiger partial charge in [0.1, 0.15) is 0 Å². The van der Waals surface area contributed by atoms with Crippen molar-refractivity contribution in [1.29, 1.82) is 0 Å². The van der Waals surface area contributed by atoms with Crippen molar-refractivity contribution in [2.45, 2.75) is 53.5 Å². The summed E-state index contributed by atoms with van der Waals surface area (Å²) >= 11 is 0. The minimum absolute atomic E-state index is 0.0899. The van der Waals surface area contributed by atoms with Crippen molar-refractivity contribution >= 4 is 9.84 Å². The summed E-state index contributed by atoms with van der Waals surface area (Å²) in [6.45, 7) is 11.3. The van der Waals surface area contributed by atoms with Crippen LogP contribution in [0.25, 0.3) is 0 Å². The van der Waals surface area contributed by atoms with Gasteiger partial charge in [0.15, 0.2) is 9.84 Å². The third kappa shape index (κ3) is 8.61. The Labute approximate surface area is 107 Å². The third-order valence-corrected chi connectivity index (χ3v) is 4.63. The van der Waals surface area contributed by atoms with Crippen molar-refractivity contribution in [2.75, 3.05) is 18.1 Å². The molecule has 0 aromatic rings. The molecular weight excluding hydrogens is 234 g/mol. The van der Waals surface area contributed by atoms with E-state index in [0.717, 1.165) is 19.4 Å². The van der Waals surface area contributed by atoms with Gasteiger partial charge < -0.3 is 5.32 Å². The molecule has 0 radical (unpaired) electrons. The number of hydrogen-bond donors (Lipinski definition) is 1. The average molecular weight is 263 g/mol. The minimum atomic E-state index is -2.91. The van der Waals surface area contributed by atoms with E-state index in [4.69, 9.17) is 0 Å². The highest BCUT2D eigenvalue weighted by Gasteiger charge is 2.21. The summed E-state index contributed by atoms with van der Waals surface area (Å²) in [6, 6.07) is 0.0899. The fourth-order valence-electron chi connectivity index (χ4n) is 1.59. The zero-order valence-corrected chi connectivity index (χ0v) is 12.8. The number of hydrogen-bond acceptors (Lipinski definition) is 3. The first-order valence-corrected chi connectivity index (χ1v) is 8.54. The van der Waals surface area contributed by atoms with Gasteiger partial charge in [0, 0.05) is 6.04 Å². The molecule has 0 aliphatic rings. The van der Waals surface area contributed by atoms with E-state index >= 15 is 0 Å². The maximum Gasteiger partial charge on any atom is 0.151 e. The van der Waals surface area contributed by atoms with E-state index in [-0.39, 0.29) is 11.8 Å². The summed E-state index contributed by atoms with van der Waals surface area (Å²) in [6.07, 6.45) is 1.80. The van der Waals surface area contributed by atoms with E-state index in [1.165, 1.54) is 0 Å². The lowest BCUT2D eigenvalue weighted by atomic mass is 10.1. The monoisotopic (exact) mass is 263 g/mol. The van der Waals surface area contributed by atoms with E-state index in [1.807, 2.05) is 0 Å². The van der Waals surface area contributed by atoms with Crippen LogP contribution < -0.4 is 5.32 Å². The standard InChI is InChI=1S/C13H29NO2S/c1-6-8-14-13(12(4)5)10-17(15,16)9-7-11(2)3/h11-14H,6-10H2,1-5H3. The summed E-state index contributed by atoms with van der Waals surface area (Å²) in [5, 5.41) is 3.33. The van der Waals surface area contributed by atoms with Gasteiger partial charge in [0.05, 0.1) is 11.5 Å². The average Bonchev–Trinajstić information content (AvgIpc) is 2.21. The van der Waals surface area contributed by atoms with E-state index in [9.17, 15) is 8.42 Å². The summed E-state index contributed by atoms with van der Waals surface area (Å²) in [4.78, 5) is 0. The van der Waals surface area contributed by atoms with Crippen molar-refractivity contribution in [3.8, 4) is 0 Å². The van der Waals surface area contributed by atoms with Crippen LogP contribution in [0.1, 0.15) is 47.5 Å². The van der Waals surface area contributed by atoms with Crippen LogP contribution in [0.5, 0.6) is 0 Å². The Morgan fingerprint density at radius 2 is 1.71 bits per heavy atom. The molecule has 3 nitrogen and oxygen atoms in total. The number of rotatable bonds is 9. The van der Waals surface area contributed by atoms with Crippen molar-refractivity contribution in [2.24, 2.45) is 11.8 Å². The zero-order chi connectivity index (χ0) is 13.5. The Morgan fingerprint density at radius 1 is 1.12 bits per heavy atom. The molecule has 0 bridgehead atoms. The molecule has 0 heterocycles. The van der Waals surface area contributed by atoms with E-state index < -0.39 is 9.84 Å². The fourth-order valence-corrected chi connectivity index (χ4v) is 3.64. The molecule has 0 aliphatic heterocycles. The first kappa shape index (κ1) is 16.9. The summed E-state index contributed by atoms with van der Waals surface area (Å²) < 4.78 is 23.9. The molecule has 17 heavy (non-hydrogen) atoms. The second-order valence-corrected chi connectivity index (χ2v) is 7.83. The van der Waals surface area contributed by atoms with E-state index in [1.54, 1.807) is 0 Å². The Balaban J connectivity index is 4.31. The molecule has 0 saturated heterocycles. The molecule has 1 N–H and O–H groups in total. The van der Waals surface area contributed by atoms with E-state index in [2.05, 4.69) is 39.9 Å². The van der Waals surface area contributed by atoms with Gasteiger partial charge in [0.2, 0.25) is 0 Å². The van der Waals surface area contributed by atoms with Gasteiger partial charge in [-0.3, -0.25) is 0 Å². The predicted octanol–water partition coefficient (Wildman–Crippen LogP) is 2.47. The van der Waals surface area contributed by atoms with Crippen LogP contribution in [0.3, 0.4) is 0 Å². The van der Waals surface area contributed by atoms with Crippen molar-refractivity contribution < 1.29 is 8.42 Å². The first-order valence-electron chi connectivity index (χ1n) is 6.72. The van der Waals surface area contributed by atoms with Gasteiger partial charge in [-0.25, -0.2) is 8.42 Å². The molecule has 0 aliphatic carbocycles. The predicted molar refractivity (Wildman–Crippen MR) is 75.0 cm³/mol. The van der Waals surface area contributed by atoms with E-state index in [0.29, 0.717) is 17.6 Å². The van der Waals surface area contributed by atoms with Crippen LogP contribution >= 0.6 is 0 Å². The molecule has 0 fully saturated rings. The minimum Gasteiger partial charge on any atom is -0.313 e. The molecule has 0 rings (SSSR count). The van der Waals surface area contributed by atoms with Crippen LogP contribution in [0.2, 0.25) is 0 Å². The maximum atomic E-state index is 12.0. The lowest BCUT2D eigenvalue weighted by molar-refractivity contribution is 0.425. The Bertz CT molecular complexity index is 284. The van der Waals surface area contributed by atoms with Crippen LogP contribution in [-0.4, -0.2) is 32.5 Å². The zero-order valence-electron chi connectivity index (χ0n) is 12.0. The van der Waals surface area contributed by atoms with Gasteiger partial charge in [-0.05, 0) is 31.2 Å². The van der Waals surface area contributed by atoms with Crippen molar-refractivity contribution in [1.82, 2.24) is 5.32 Å². The largest absolute Gasteiger partial charge is 0.313 e. The molecule has 1 atom stereocenters. The molecule has 1 unspecified atom stereocenters. The third-order valence-electron chi connectivity index (χ3n) is 2.90.